The Balaban J connectivity index is 1.62. The Hall–Kier alpha value is -2.81. The summed E-state index contributed by atoms with van der Waals surface area (Å²) in [5.74, 6) is 0.932. The fraction of sp³-hybridized carbons (Fsp3) is 0.520. The third-order valence-electron chi connectivity index (χ3n) is 5.66. The molecule has 0 saturated heterocycles. The van der Waals surface area contributed by atoms with Crippen LogP contribution in [-0.2, 0) is 29.0 Å². The Bertz CT molecular complexity index is 1100. The molecule has 3 rings (SSSR count). The van der Waals surface area contributed by atoms with Gasteiger partial charge in [0.15, 0.2) is 5.16 Å². The van der Waals surface area contributed by atoms with Gasteiger partial charge in [-0.05, 0) is 30.2 Å². The number of thioether (sulfide) groups is 1. The Labute approximate surface area is 205 Å². The smallest absolute Gasteiger partial charge is 0.242 e. The summed E-state index contributed by atoms with van der Waals surface area (Å²) in [4.78, 5) is 28.7. The Morgan fingerprint density at radius 1 is 1.12 bits per heavy atom. The molecule has 0 saturated carbocycles. The van der Waals surface area contributed by atoms with Crippen LogP contribution in [0.2, 0.25) is 0 Å². The van der Waals surface area contributed by atoms with Gasteiger partial charge in [-0.1, -0.05) is 57.7 Å². The van der Waals surface area contributed by atoms with Crippen molar-refractivity contribution in [2.45, 2.75) is 64.7 Å². The highest BCUT2D eigenvalue weighted by Crippen LogP contribution is 2.20. The molecule has 1 aromatic carbocycles. The lowest BCUT2D eigenvalue weighted by Gasteiger charge is -2.19. The number of aromatic nitrogens is 4. The van der Waals surface area contributed by atoms with Crippen molar-refractivity contribution < 1.29 is 9.59 Å². The van der Waals surface area contributed by atoms with Gasteiger partial charge in [0.1, 0.15) is 11.9 Å². The predicted octanol–water partition coefficient (Wildman–Crippen LogP) is 3.57. The number of hydrogen-bond acceptors (Lipinski definition) is 5. The molecule has 0 unspecified atom stereocenters. The number of carbonyl (C=O) groups excluding carboxylic acids is 2. The molecule has 1 atom stereocenters. The molecule has 3 N–H and O–H groups in total. The topological polar surface area (TPSA) is 105 Å². The first-order valence-corrected chi connectivity index (χ1v) is 13.1. The molecule has 3 aromatic rings. The van der Waals surface area contributed by atoms with Gasteiger partial charge in [-0.25, -0.2) is 0 Å². The van der Waals surface area contributed by atoms with Crippen LogP contribution >= 0.6 is 11.8 Å². The average Bonchev–Trinajstić information content (AvgIpc) is 3.39. The first-order valence-electron chi connectivity index (χ1n) is 11.9. The van der Waals surface area contributed by atoms with Crippen LogP contribution in [-0.4, -0.2) is 50.4 Å². The molecular formula is C25H36N6O2S. The van der Waals surface area contributed by atoms with Gasteiger partial charge in [-0.15, -0.1) is 10.2 Å². The van der Waals surface area contributed by atoms with E-state index >= 15 is 0 Å². The van der Waals surface area contributed by atoms with E-state index < -0.39 is 6.04 Å². The maximum atomic E-state index is 13.1. The summed E-state index contributed by atoms with van der Waals surface area (Å²) in [6.45, 7) is 9.38. The van der Waals surface area contributed by atoms with Gasteiger partial charge in [0, 0.05) is 48.9 Å². The number of fused-ring (bicyclic) bond motifs is 1. The number of nitrogens with one attached hydrogen (secondary N) is 3. The maximum Gasteiger partial charge on any atom is 0.242 e. The van der Waals surface area contributed by atoms with Crippen molar-refractivity contribution in [3.8, 4) is 0 Å². The Kier molecular flexibility index (Phi) is 9.15. The summed E-state index contributed by atoms with van der Waals surface area (Å²) < 4.78 is 2.17. The van der Waals surface area contributed by atoms with Crippen LogP contribution in [0.1, 0.15) is 45.5 Å². The summed E-state index contributed by atoms with van der Waals surface area (Å²) in [6, 6.07) is 7.33. The predicted molar refractivity (Wildman–Crippen MR) is 137 cm³/mol. The van der Waals surface area contributed by atoms with E-state index in [1.54, 1.807) is 11.8 Å². The molecule has 0 bridgehead atoms. The monoisotopic (exact) mass is 484 g/mol. The number of H-pyrrole nitrogens is 1. The number of hydrogen-bond donors (Lipinski definition) is 3. The minimum atomic E-state index is -0.637. The first-order chi connectivity index (χ1) is 16.3. The molecule has 9 heteroatoms. The summed E-state index contributed by atoms with van der Waals surface area (Å²) in [5, 5.41) is 16.6. The van der Waals surface area contributed by atoms with Crippen molar-refractivity contribution >= 4 is 34.5 Å². The van der Waals surface area contributed by atoms with Crippen LogP contribution in [0.15, 0.2) is 35.6 Å². The number of aromatic amines is 1. The van der Waals surface area contributed by atoms with Crippen molar-refractivity contribution in [1.29, 1.82) is 0 Å². The number of nitrogens with zero attached hydrogens (tertiary/aromatic N) is 3. The van der Waals surface area contributed by atoms with Gasteiger partial charge in [-0.2, -0.15) is 0 Å². The summed E-state index contributed by atoms with van der Waals surface area (Å²) >= 11 is 1.59. The van der Waals surface area contributed by atoms with Gasteiger partial charge in [0.25, 0.3) is 0 Å². The van der Waals surface area contributed by atoms with E-state index in [1.165, 1.54) is 0 Å². The third kappa shape index (κ3) is 6.62. The zero-order chi connectivity index (χ0) is 24.7. The van der Waals surface area contributed by atoms with Crippen LogP contribution < -0.4 is 10.6 Å². The summed E-state index contributed by atoms with van der Waals surface area (Å²) in [6.07, 6.45) is 5.82. The molecule has 8 nitrogen and oxygen atoms in total. The maximum absolute atomic E-state index is 13.1. The fourth-order valence-corrected chi connectivity index (χ4v) is 4.38. The Morgan fingerprint density at radius 2 is 1.88 bits per heavy atom. The molecular weight excluding hydrogens is 448 g/mol. The van der Waals surface area contributed by atoms with E-state index in [-0.39, 0.29) is 17.7 Å². The lowest BCUT2D eigenvalue weighted by Crippen LogP contribution is -2.49. The summed E-state index contributed by atoms with van der Waals surface area (Å²) in [5.41, 5.74) is 2.02. The lowest BCUT2D eigenvalue weighted by molar-refractivity contribution is -0.130. The third-order valence-corrected chi connectivity index (χ3v) is 6.32. The standard InChI is InChI=1S/C25H36N6O2S/c1-16(2)15-31-22(29-30-25(31)34-5)11-8-12-26-24(33)21(28-23(32)17(3)4)13-18-14-27-20-10-7-6-9-19(18)20/h6-7,9-10,14,16-17,21,27H,8,11-13,15H2,1-5H3,(H,26,33)(H,28,32)/t21-/m0/s1. The van der Waals surface area contributed by atoms with Gasteiger partial charge in [0.2, 0.25) is 11.8 Å². The van der Waals surface area contributed by atoms with Gasteiger partial charge < -0.3 is 20.2 Å². The number of aryl methyl sites for hydroxylation is 1. The van der Waals surface area contributed by atoms with E-state index in [9.17, 15) is 9.59 Å². The van der Waals surface area contributed by atoms with Crippen LogP contribution in [0.5, 0.6) is 0 Å². The van der Waals surface area contributed by atoms with Crippen LogP contribution in [0.4, 0.5) is 0 Å². The van der Waals surface area contributed by atoms with E-state index in [2.05, 4.69) is 44.2 Å². The highest BCUT2D eigenvalue weighted by molar-refractivity contribution is 7.98. The highest BCUT2D eigenvalue weighted by Gasteiger charge is 2.23. The molecule has 2 heterocycles. The van der Waals surface area contributed by atoms with Crippen molar-refractivity contribution in [2.24, 2.45) is 11.8 Å². The number of para-hydroxylation sites is 1. The molecule has 0 radical (unpaired) electrons. The van der Waals surface area contributed by atoms with Crippen molar-refractivity contribution in [3.63, 3.8) is 0 Å². The second-order valence-electron chi connectivity index (χ2n) is 9.28. The van der Waals surface area contributed by atoms with Crippen molar-refractivity contribution in [3.05, 3.63) is 41.9 Å². The zero-order valence-electron chi connectivity index (χ0n) is 20.7. The van der Waals surface area contributed by atoms with E-state index in [0.717, 1.165) is 46.8 Å². The molecule has 2 aromatic heterocycles. The molecule has 0 fully saturated rings. The minimum Gasteiger partial charge on any atom is -0.361 e. The average molecular weight is 485 g/mol. The summed E-state index contributed by atoms with van der Waals surface area (Å²) in [7, 11) is 0. The van der Waals surface area contributed by atoms with Gasteiger partial charge in [0.05, 0.1) is 0 Å². The van der Waals surface area contributed by atoms with Crippen LogP contribution in [0.3, 0.4) is 0 Å². The van der Waals surface area contributed by atoms with Gasteiger partial charge >= 0.3 is 0 Å². The largest absolute Gasteiger partial charge is 0.361 e. The second-order valence-corrected chi connectivity index (χ2v) is 10.1. The van der Waals surface area contributed by atoms with Crippen LogP contribution in [0, 0.1) is 11.8 Å². The minimum absolute atomic E-state index is 0.133. The molecule has 2 amide bonds. The highest BCUT2D eigenvalue weighted by atomic mass is 32.2. The van der Waals surface area contributed by atoms with E-state index in [0.29, 0.717) is 18.9 Å². The number of benzene rings is 1. The normalized spacial score (nSPS) is 12.4. The fourth-order valence-electron chi connectivity index (χ4n) is 3.85. The number of rotatable bonds is 12. The lowest BCUT2D eigenvalue weighted by atomic mass is 10.0. The number of carbonyl (C=O) groups is 2. The molecule has 34 heavy (non-hydrogen) atoms. The second kappa shape index (κ2) is 12.1. The van der Waals surface area contributed by atoms with Crippen LogP contribution in [0.25, 0.3) is 10.9 Å². The van der Waals surface area contributed by atoms with Gasteiger partial charge in [-0.3, -0.25) is 9.59 Å². The molecule has 0 aliphatic rings. The Morgan fingerprint density at radius 3 is 2.59 bits per heavy atom. The number of amides is 2. The van der Waals surface area contributed by atoms with E-state index in [4.69, 9.17) is 0 Å². The van der Waals surface area contributed by atoms with Crippen molar-refractivity contribution in [1.82, 2.24) is 30.4 Å². The van der Waals surface area contributed by atoms with Crippen molar-refractivity contribution in [2.75, 3.05) is 12.8 Å². The molecule has 0 aliphatic carbocycles. The quantitative estimate of drug-likeness (QED) is 0.269. The molecule has 0 aliphatic heterocycles. The zero-order valence-corrected chi connectivity index (χ0v) is 21.5. The van der Waals surface area contributed by atoms with E-state index in [1.807, 2.05) is 50.6 Å². The SMILES string of the molecule is CSc1nnc(CCCNC(=O)[C@H](Cc2c[nH]c3ccccc23)NC(=O)C(C)C)n1CC(C)C. The first kappa shape index (κ1) is 25.8. The molecule has 0 spiro atoms. The molecule has 184 valence electrons.